The molecule has 0 fully saturated rings. The normalized spacial score (nSPS) is 14.8. The topological polar surface area (TPSA) is 38.7 Å². The molecule has 15 heavy (non-hydrogen) atoms. The zero-order valence-corrected chi connectivity index (χ0v) is 9.00. The van der Waals surface area contributed by atoms with Crippen LogP contribution >= 0.6 is 11.8 Å². The van der Waals surface area contributed by atoms with Crippen LogP contribution in [0.15, 0.2) is 35.3 Å². The van der Waals surface area contributed by atoms with Gasteiger partial charge in [-0.05, 0) is 5.56 Å². The number of thioether (sulfide) groups is 1. The third kappa shape index (κ3) is 2.83. The van der Waals surface area contributed by atoms with Crippen molar-refractivity contribution in [3.8, 4) is 0 Å². The first-order valence-corrected chi connectivity index (χ1v) is 5.84. The minimum absolute atomic E-state index is 0.288. The molecule has 1 aromatic carbocycles. The summed E-state index contributed by atoms with van der Waals surface area (Å²) < 4.78 is 5.13. The molecule has 78 valence electrons. The molecule has 0 atom stereocenters. The van der Waals surface area contributed by atoms with E-state index in [0.29, 0.717) is 23.9 Å². The van der Waals surface area contributed by atoms with Gasteiger partial charge >= 0.3 is 5.97 Å². The third-order valence-electron chi connectivity index (χ3n) is 2.03. The molecular formula is C11H11NO2S. The molecule has 1 aliphatic rings. The summed E-state index contributed by atoms with van der Waals surface area (Å²) in [6.07, 6.45) is 0. The Kier molecular flexibility index (Phi) is 3.40. The second-order valence-corrected chi connectivity index (χ2v) is 4.10. The Bertz CT molecular complexity index is 375. The van der Waals surface area contributed by atoms with Crippen molar-refractivity contribution in [3.05, 3.63) is 35.9 Å². The lowest BCUT2D eigenvalue weighted by atomic mass is 10.2. The highest BCUT2D eigenvalue weighted by Gasteiger charge is 2.16. The highest BCUT2D eigenvalue weighted by molar-refractivity contribution is 8.00. The lowest BCUT2D eigenvalue weighted by Crippen LogP contribution is -2.17. The zero-order valence-electron chi connectivity index (χ0n) is 8.18. The van der Waals surface area contributed by atoms with Gasteiger partial charge in [0.25, 0.3) is 0 Å². The van der Waals surface area contributed by atoms with Crippen LogP contribution < -0.4 is 0 Å². The molecule has 0 radical (unpaired) electrons. The molecule has 0 amide bonds. The first-order valence-electron chi connectivity index (χ1n) is 4.68. The minimum Gasteiger partial charge on any atom is -0.456 e. The van der Waals surface area contributed by atoms with Crippen LogP contribution in [0.5, 0.6) is 0 Å². The van der Waals surface area contributed by atoms with Crippen molar-refractivity contribution in [2.75, 3.05) is 11.6 Å². The van der Waals surface area contributed by atoms with Gasteiger partial charge in [-0.3, -0.25) is 4.99 Å². The van der Waals surface area contributed by atoms with Crippen LogP contribution in [0, 0.1) is 0 Å². The number of ether oxygens (including phenoxy) is 1. The summed E-state index contributed by atoms with van der Waals surface area (Å²) in [7, 11) is 0. The van der Waals surface area contributed by atoms with E-state index in [1.165, 1.54) is 0 Å². The molecule has 0 saturated carbocycles. The van der Waals surface area contributed by atoms with Gasteiger partial charge in [0.05, 0.1) is 5.88 Å². The first kappa shape index (κ1) is 10.2. The van der Waals surface area contributed by atoms with E-state index in [9.17, 15) is 4.79 Å². The summed E-state index contributed by atoms with van der Waals surface area (Å²) in [6.45, 7) is 0.323. The Balaban J connectivity index is 1.86. The molecule has 0 unspecified atom stereocenters. The molecule has 0 aliphatic carbocycles. The maximum Gasteiger partial charge on any atom is 0.353 e. The van der Waals surface area contributed by atoms with E-state index in [-0.39, 0.29) is 5.97 Å². The van der Waals surface area contributed by atoms with E-state index >= 15 is 0 Å². The van der Waals surface area contributed by atoms with Crippen LogP contribution in [0.25, 0.3) is 0 Å². The van der Waals surface area contributed by atoms with Gasteiger partial charge in [-0.2, -0.15) is 0 Å². The predicted molar refractivity (Wildman–Crippen MR) is 61.0 cm³/mol. The molecule has 1 aromatic rings. The average molecular weight is 221 g/mol. The van der Waals surface area contributed by atoms with Gasteiger partial charge in [-0.25, -0.2) is 4.79 Å². The molecule has 4 heteroatoms. The number of carbonyl (C=O) groups is 1. The second-order valence-electron chi connectivity index (χ2n) is 3.14. The van der Waals surface area contributed by atoms with E-state index in [1.807, 2.05) is 30.3 Å². The quantitative estimate of drug-likeness (QED) is 0.731. The molecule has 0 saturated heterocycles. The van der Waals surface area contributed by atoms with Crippen LogP contribution in [0.4, 0.5) is 0 Å². The van der Waals surface area contributed by atoms with Gasteiger partial charge < -0.3 is 4.74 Å². The fourth-order valence-corrected chi connectivity index (χ4v) is 1.98. The van der Waals surface area contributed by atoms with Gasteiger partial charge in [0.15, 0.2) is 0 Å². The van der Waals surface area contributed by atoms with E-state index < -0.39 is 0 Å². The maximum atomic E-state index is 11.5. The van der Waals surface area contributed by atoms with Crippen LogP contribution in [0.2, 0.25) is 0 Å². The number of carbonyl (C=O) groups excluding carboxylic acids is 1. The van der Waals surface area contributed by atoms with E-state index in [2.05, 4.69) is 4.99 Å². The Hall–Kier alpha value is -1.29. The zero-order chi connectivity index (χ0) is 10.5. The number of nitrogens with zero attached hydrogens (tertiary/aromatic N) is 1. The summed E-state index contributed by atoms with van der Waals surface area (Å²) >= 11 is 1.63. The SMILES string of the molecule is O=C(OCc1ccccc1)C1=NCSC1. The van der Waals surface area contributed by atoms with Crippen LogP contribution in [-0.4, -0.2) is 23.3 Å². The summed E-state index contributed by atoms with van der Waals surface area (Å²) in [6, 6.07) is 9.64. The minimum atomic E-state index is -0.288. The molecule has 0 bridgehead atoms. The van der Waals surface area contributed by atoms with Crippen molar-refractivity contribution in [3.63, 3.8) is 0 Å². The van der Waals surface area contributed by atoms with Gasteiger partial charge in [0, 0.05) is 5.75 Å². The number of esters is 1. The number of benzene rings is 1. The monoisotopic (exact) mass is 221 g/mol. The van der Waals surface area contributed by atoms with Crippen LogP contribution in [0.3, 0.4) is 0 Å². The lowest BCUT2D eigenvalue weighted by Gasteiger charge is -2.03. The summed E-state index contributed by atoms with van der Waals surface area (Å²) in [4.78, 5) is 15.5. The molecule has 0 N–H and O–H groups in total. The third-order valence-corrected chi connectivity index (χ3v) is 2.82. The molecule has 3 nitrogen and oxygen atoms in total. The lowest BCUT2D eigenvalue weighted by molar-refractivity contribution is -0.136. The Morgan fingerprint density at radius 3 is 2.87 bits per heavy atom. The van der Waals surface area contributed by atoms with E-state index in [1.54, 1.807) is 11.8 Å². The first-order chi connectivity index (χ1) is 7.36. The van der Waals surface area contributed by atoms with E-state index in [4.69, 9.17) is 4.74 Å². The number of aliphatic imine (C=N–C) groups is 1. The molecular weight excluding hydrogens is 210 g/mol. The van der Waals surface area contributed by atoms with Crippen molar-refractivity contribution >= 4 is 23.4 Å². The molecule has 0 spiro atoms. The molecule has 0 aromatic heterocycles. The average Bonchev–Trinajstić information content (AvgIpc) is 2.81. The van der Waals surface area contributed by atoms with Crippen LogP contribution in [-0.2, 0) is 16.1 Å². The fraction of sp³-hybridized carbons (Fsp3) is 0.273. The van der Waals surface area contributed by atoms with Gasteiger partial charge in [-0.1, -0.05) is 30.3 Å². The fourth-order valence-electron chi connectivity index (χ4n) is 1.24. The second kappa shape index (κ2) is 4.98. The smallest absolute Gasteiger partial charge is 0.353 e. The van der Waals surface area contributed by atoms with Crippen molar-refractivity contribution in [1.29, 1.82) is 0 Å². The highest BCUT2D eigenvalue weighted by atomic mass is 32.2. The summed E-state index contributed by atoms with van der Waals surface area (Å²) in [5.74, 6) is 1.06. The highest BCUT2D eigenvalue weighted by Crippen LogP contribution is 2.11. The largest absolute Gasteiger partial charge is 0.456 e. The molecule has 2 rings (SSSR count). The van der Waals surface area contributed by atoms with Gasteiger partial charge in [0.2, 0.25) is 0 Å². The van der Waals surface area contributed by atoms with Gasteiger partial charge in [-0.15, -0.1) is 11.8 Å². The van der Waals surface area contributed by atoms with Crippen LogP contribution in [0.1, 0.15) is 5.56 Å². The predicted octanol–water partition coefficient (Wildman–Crippen LogP) is 1.88. The molecule has 1 aliphatic heterocycles. The van der Waals surface area contributed by atoms with Crippen molar-refractivity contribution < 1.29 is 9.53 Å². The van der Waals surface area contributed by atoms with Crippen molar-refractivity contribution in [2.45, 2.75) is 6.61 Å². The Morgan fingerprint density at radius 2 is 2.20 bits per heavy atom. The maximum absolute atomic E-state index is 11.5. The standard InChI is InChI=1S/C11H11NO2S/c13-11(10-7-15-8-12-10)14-6-9-4-2-1-3-5-9/h1-5H,6-8H2. The Labute approximate surface area is 92.5 Å². The number of hydrogen-bond acceptors (Lipinski definition) is 4. The number of hydrogen-bond donors (Lipinski definition) is 0. The summed E-state index contributed by atoms with van der Waals surface area (Å²) in [5, 5.41) is 0. The van der Waals surface area contributed by atoms with Gasteiger partial charge in [0.1, 0.15) is 12.3 Å². The summed E-state index contributed by atoms with van der Waals surface area (Å²) in [5.41, 5.74) is 1.55. The number of rotatable bonds is 3. The van der Waals surface area contributed by atoms with E-state index in [0.717, 1.165) is 5.56 Å². The Morgan fingerprint density at radius 1 is 1.40 bits per heavy atom. The van der Waals surface area contributed by atoms with Crippen molar-refractivity contribution in [1.82, 2.24) is 0 Å². The van der Waals surface area contributed by atoms with Crippen molar-refractivity contribution in [2.24, 2.45) is 4.99 Å². The molecule has 1 heterocycles.